The Balaban J connectivity index is 1.87. The van der Waals surface area contributed by atoms with Gasteiger partial charge in [-0.2, -0.15) is 0 Å². The van der Waals surface area contributed by atoms with E-state index in [4.69, 9.17) is 5.11 Å². The Kier molecular flexibility index (Phi) is 6.38. The Bertz CT molecular complexity index is 632. The van der Waals surface area contributed by atoms with Crippen molar-refractivity contribution in [3.05, 3.63) is 23.8 Å². The van der Waals surface area contributed by atoms with Crippen LogP contribution in [0.2, 0.25) is 0 Å². The van der Waals surface area contributed by atoms with Crippen LogP contribution in [0.3, 0.4) is 0 Å². The van der Waals surface area contributed by atoms with Gasteiger partial charge in [-0.1, -0.05) is 20.8 Å². The third kappa shape index (κ3) is 6.27. The maximum absolute atomic E-state index is 12.2. The van der Waals surface area contributed by atoms with Crippen LogP contribution >= 0.6 is 11.8 Å². The van der Waals surface area contributed by atoms with E-state index in [2.05, 4.69) is 37.5 Å². The fraction of sp³-hybridized carbons (Fsp3) is 0.579. The molecule has 2 rings (SSSR count). The van der Waals surface area contributed by atoms with E-state index in [1.165, 1.54) is 4.90 Å². The molecule has 0 heterocycles. The van der Waals surface area contributed by atoms with Gasteiger partial charge in [0.1, 0.15) is 0 Å². The van der Waals surface area contributed by atoms with Crippen molar-refractivity contribution in [1.82, 2.24) is 5.32 Å². The van der Waals surface area contributed by atoms with E-state index in [0.29, 0.717) is 25.7 Å². The topological polar surface area (TPSA) is 78.4 Å². The Hall–Kier alpha value is -1.69. The van der Waals surface area contributed by atoms with Crippen LogP contribution in [0.25, 0.3) is 0 Å². The zero-order valence-corrected chi connectivity index (χ0v) is 16.2. The molecule has 1 aromatic carbocycles. The minimum absolute atomic E-state index is 0.0478. The average Bonchev–Trinajstić information content (AvgIpc) is 2.49. The second kappa shape index (κ2) is 8.13. The zero-order valence-electron chi connectivity index (χ0n) is 15.4. The smallest absolute Gasteiger partial charge is 0.319 e. The number of hydrogen-bond donors (Lipinski definition) is 3. The number of anilines is 1. The van der Waals surface area contributed by atoms with Gasteiger partial charge in [-0.25, -0.2) is 4.79 Å². The van der Waals surface area contributed by atoms with E-state index in [1.807, 2.05) is 19.1 Å². The summed E-state index contributed by atoms with van der Waals surface area (Å²) in [5.41, 5.74) is 1.83. The molecule has 0 aromatic heterocycles. The molecule has 0 radical (unpaired) electrons. The number of nitrogens with one attached hydrogen (secondary N) is 2. The number of urea groups is 1. The number of carbonyl (C=O) groups excluding carboxylic acids is 1. The van der Waals surface area contributed by atoms with Crippen LogP contribution in [-0.2, 0) is 4.79 Å². The predicted octanol–water partition coefficient (Wildman–Crippen LogP) is 4.65. The van der Waals surface area contributed by atoms with Crippen LogP contribution in [-0.4, -0.2) is 27.9 Å². The number of carbonyl (C=O) groups is 2. The Morgan fingerprint density at radius 1 is 1.16 bits per heavy atom. The van der Waals surface area contributed by atoms with Crippen LogP contribution in [0.4, 0.5) is 10.5 Å². The van der Waals surface area contributed by atoms with Crippen LogP contribution in [0.5, 0.6) is 0 Å². The number of aliphatic carboxylic acids is 1. The maximum Gasteiger partial charge on any atom is 0.319 e. The average molecular weight is 365 g/mol. The van der Waals surface area contributed by atoms with Crippen molar-refractivity contribution in [3.8, 4) is 0 Å². The molecule has 3 N–H and O–H groups in total. The molecule has 0 unspecified atom stereocenters. The normalized spacial score (nSPS) is 20.8. The summed E-state index contributed by atoms with van der Waals surface area (Å²) in [5.74, 6) is -0.997. The van der Waals surface area contributed by atoms with Crippen molar-refractivity contribution < 1.29 is 14.7 Å². The summed E-state index contributed by atoms with van der Waals surface area (Å²) in [6.45, 7) is 8.50. The van der Waals surface area contributed by atoms with Crippen molar-refractivity contribution in [2.24, 2.45) is 5.92 Å². The van der Waals surface area contributed by atoms with E-state index in [9.17, 15) is 9.59 Å². The van der Waals surface area contributed by atoms with Gasteiger partial charge >= 0.3 is 12.0 Å². The molecule has 6 heteroatoms. The number of thioether (sulfide) groups is 1. The van der Waals surface area contributed by atoms with Gasteiger partial charge in [0.05, 0.1) is 5.92 Å². The summed E-state index contributed by atoms with van der Waals surface area (Å²) >= 11 is 1.80. The molecule has 0 spiro atoms. The lowest BCUT2D eigenvalue weighted by atomic mass is 9.86. The largest absolute Gasteiger partial charge is 0.481 e. The predicted molar refractivity (Wildman–Crippen MR) is 102 cm³/mol. The summed E-state index contributed by atoms with van der Waals surface area (Å²) in [6, 6.07) is 5.87. The minimum Gasteiger partial charge on any atom is -0.481 e. The van der Waals surface area contributed by atoms with Crippen LogP contribution in [0.15, 0.2) is 23.1 Å². The van der Waals surface area contributed by atoms with Gasteiger partial charge in [0.2, 0.25) is 0 Å². The van der Waals surface area contributed by atoms with Crippen LogP contribution in [0.1, 0.15) is 52.0 Å². The highest BCUT2D eigenvalue weighted by Gasteiger charge is 2.26. The lowest BCUT2D eigenvalue weighted by Crippen LogP contribution is -2.41. The fourth-order valence-electron chi connectivity index (χ4n) is 3.02. The van der Waals surface area contributed by atoms with Gasteiger partial charge in [-0.05, 0) is 56.4 Å². The number of hydrogen-bond acceptors (Lipinski definition) is 3. The van der Waals surface area contributed by atoms with Gasteiger partial charge < -0.3 is 15.7 Å². The van der Waals surface area contributed by atoms with E-state index >= 15 is 0 Å². The number of aryl methyl sites for hydroxylation is 1. The number of carboxylic acid groups (broad SMARTS) is 1. The molecule has 25 heavy (non-hydrogen) atoms. The van der Waals surface area contributed by atoms with Crippen molar-refractivity contribution in [3.63, 3.8) is 0 Å². The van der Waals surface area contributed by atoms with Crippen molar-refractivity contribution in [2.75, 3.05) is 5.32 Å². The summed E-state index contributed by atoms with van der Waals surface area (Å²) in [5, 5.41) is 14.9. The summed E-state index contributed by atoms with van der Waals surface area (Å²) in [7, 11) is 0. The van der Waals surface area contributed by atoms with Gasteiger partial charge in [0, 0.05) is 21.4 Å². The number of amides is 2. The lowest BCUT2D eigenvalue weighted by Gasteiger charge is -2.27. The number of benzene rings is 1. The van der Waals surface area contributed by atoms with E-state index in [1.54, 1.807) is 11.8 Å². The third-order valence-corrected chi connectivity index (χ3v) is 5.38. The summed E-state index contributed by atoms with van der Waals surface area (Å²) in [4.78, 5) is 24.4. The van der Waals surface area contributed by atoms with Crippen molar-refractivity contribution in [1.29, 1.82) is 0 Å². The zero-order chi connectivity index (χ0) is 18.6. The second-order valence-electron chi connectivity index (χ2n) is 7.68. The molecular weight excluding hydrogens is 336 g/mol. The fourth-order valence-corrected chi connectivity index (χ4v) is 4.10. The van der Waals surface area contributed by atoms with Crippen LogP contribution < -0.4 is 10.6 Å². The van der Waals surface area contributed by atoms with Crippen molar-refractivity contribution >= 4 is 29.4 Å². The Morgan fingerprint density at radius 3 is 2.32 bits per heavy atom. The second-order valence-corrected chi connectivity index (χ2v) is 9.58. The number of carboxylic acids is 1. The molecule has 0 saturated heterocycles. The molecule has 0 aliphatic heterocycles. The Morgan fingerprint density at radius 2 is 1.80 bits per heavy atom. The SMILES string of the molecule is Cc1cc(SC(C)(C)C)ccc1NC(=O)NC1CCC(C(=O)O)CC1. The summed E-state index contributed by atoms with van der Waals surface area (Å²) < 4.78 is 0.146. The van der Waals surface area contributed by atoms with E-state index in [-0.39, 0.29) is 22.7 Å². The first-order chi connectivity index (χ1) is 11.6. The molecule has 1 saturated carbocycles. The molecule has 0 bridgehead atoms. The molecule has 138 valence electrons. The third-order valence-electron chi connectivity index (χ3n) is 4.28. The Labute approximate surface area is 154 Å². The molecule has 0 atom stereocenters. The maximum atomic E-state index is 12.2. The van der Waals surface area contributed by atoms with Crippen LogP contribution in [0, 0.1) is 12.8 Å². The van der Waals surface area contributed by atoms with Gasteiger partial charge in [-0.3, -0.25) is 4.79 Å². The highest BCUT2D eigenvalue weighted by atomic mass is 32.2. The highest BCUT2D eigenvalue weighted by molar-refractivity contribution is 8.00. The quantitative estimate of drug-likeness (QED) is 0.680. The summed E-state index contributed by atoms with van der Waals surface area (Å²) in [6.07, 6.45) is 2.67. The van der Waals surface area contributed by atoms with E-state index < -0.39 is 5.97 Å². The van der Waals surface area contributed by atoms with E-state index in [0.717, 1.165) is 11.3 Å². The molecule has 2 amide bonds. The lowest BCUT2D eigenvalue weighted by molar-refractivity contribution is -0.142. The van der Waals surface area contributed by atoms with Gasteiger partial charge in [-0.15, -0.1) is 11.8 Å². The molecule has 1 aliphatic carbocycles. The molecular formula is C19H28N2O3S. The highest BCUT2D eigenvalue weighted by Crippen LogP contribution is 2.33. The monoisotopic (exact) mass is 364 g/mol. The first-order valence-electron chi connectivity index (χ1n) is 8.74. The molecule has 1 aliphatic rings. The first kappa shape index (κ1) is 19.6. The minimum atomic E-state index is -0.730. The molecule has 1 aromatic rings. The molecule has 1 fully saturated rings. The van der Waals surface area contributed by atoms with Gasteiger partial charge in [0.15, 0.2) is 0 Å². The number of rotatable bonds is 4. The first-order valence-corrected chi connectivity index (χ1v) is 9.55. The molecule has 5 nitrogen and oxygen atoms in total. The van der Waals surface area contributed by atoms with Gasteiger partial charge in [0.25, 0.3) is 0 Å². The standard InChI is InChI=1S/C19H28N2O3S/c1-12-11-15(25-19(2,3)4)9-10-16(12)21-18(24)20-14-7-5-13(6-8-14)17(22)23/h9-11,13-14H,5-8H2,1-4H3,(H,22,23)(H2,20,21,24). The van der Waals surface area contributed by atoms with Crippen molar-refractivity contribution in [2.45, 2.75) is 69.1 Å².